The number of benzene rings is 3. The van der Waals surface area contributed by atoms with Crippen molar-refractivity contribution in [1.29, 1.82) is 0 Å². The molecule has 0 saturated carbocycles. The first-order valence-corrected chi connectivity index (χ1v) is 11.4. The van der Waals surface area contributed by atoms with E-state index in [4.69, 9.17) is 16.3 Å². The van der Waals surface area contributed by atoms with E-state index in [0.29, 0.717) is 17.3 Å². The summed E-state index contributed by atoms with van der Waals surface area (Å²) in [5, 5.41) is 3.50. The lowest BCUT2D eigenvalue weighted by Gasteiger charge is -2.36. The van der Waals surface area contributed by atoms with E-state index in [0.717, 1.165) is 48.7 Å². The summed E-state index contributed by atoms with van der Waals surface area (Å²) in [7, 11) is 0. The van der Waals surface area contributed by atoms with Gasteiger partial charge in [0.25, 0.3) is 5.91 Å². The molecule has 4 rings (SSSR count). The van der Waals surface area contributed by atoms with E-state index in [1.807, 2.05) is 43.3 Å². The largest absolute Gasteiger partial charge is 0.483 e. The highest BCUT2D eigenvalue weighted by molar-refractivity contribution is 6.30. The number of amides is 1. The summed E-state index contributed by atoms with van der Waals surface area (Å²) in [6.07, 6.45) is 0. The van der Waals surface area contributed by atoms with Crippen molar-refractivity contribution in [2.45, 2.75) is 13.5 Å². The second kappa shape index (κ2) is 10.7. The number of nitrogens with one attached hydrogen (secondary N) is 1. The van der Waals surface area contributed by atoms with Crippen LogP contribution in [0.2, 0.25) is 5.02 Å². The highest BCUT2D eigenvalue weighted by Crippen LogP contribution is 2.23. The van der Waals surface area contributed by atoms with Crippen LogP contribution in [0.15, 0.2) is 66.7 Å². The molecule has 0 aliphatic carbocycles. The molecule has 0 unspecified atom stereocenters. The first-order valence-electron chi connectivity index (χ1n) is 11.0. The van der Waals surface area contributed by atoms with Crippen molar-refractivity contribution >= 4 is 28.9 Å². The van der Waals surface area contributed by atoms with Gasteiger partial charge < -0.3 is 15.0 Å². The van der Waals surface area contributed by atoms with Crippen LogP contribution in [0.3, 0.4) is 0 Å². The van der Waals surface area contributed by atoms with E-state index in [1.165, 1.54) is 6.07 Å². The first kappa shape index (κ1) is 23.1. The number of hydrogen-bond acceptors (Lipinski definition) is 4. The Hall–Kier alpha value is -3.09. The monoisotopic (exact) mass is 467 g/mol. The Morgan fingerprint density at radius 3 is 2.45 bits per heavy atom. The maximum Gasteiger partial charge on any atom is 0.262 e. The quantitative estimate of drug-likeness (QED) is 0.523. The Morgan fingerprint density at radius 1 is 1.03 bits per heavy atom. The molecule has 172 valence electrons. The zero-order chi connectivity index (χ0) is 23.2. The van der Waals surface area contributed by atoms with Crippen LogP contribution in [0, 0.1) is 12.7 Å². The molecule has 0 spiro atoms. The van der Waals surface area contributed by atoms with E-state index < -0.39 is 0 Å². The van der Waals surface area contributed by atoms with Crippen molar-refractivity contribution in [3.63, 3.8) is 0 Å². The third-order valence-electron chi connectivity index (χ3n) is 5.74. The number of piperazine rings is 1. The molecule has 0 atom stereocenters. The van der Waals surface area contributed by atoms with Gasteiger partial charge in [0.2, 0.25) is 0 Å². The van der Waals surface area contributed by atoms with Gasteiger partial charge in [-0.25, -0.2) is 4.39 Å². The van der Waals surface area contributed by atoms with E-state index in [-0.39, 0.29) is 18.3 Å². The third kappa shape index (κ3) is 6.24. The lowest BCUT2D eigenvalue weighted by molar-refractivity contribution is -0.118. The topological polar surface area (TPSA) is 44.8 Å². The molecule has 1 fully saturated rings. The molecule has 7 heteroatoms. The van der Waals surface area contributed by atoms with Gasteiger partial charge in [-0.2, -0.15) is 0 Å². The Bertz CT molecular complexity index is 1100. The summed E-state index contributed by atoms with van der Waals surface area (Å²) in [6.45, 7) is 5.92. The summed E-state index contributed by atoms with van der Waals surface area (Å²) >= 11 is 5.95. The van der Waals surface area contributed by atoms with Gasteiger partial charge in [-0.15, -0.1) is 0 Å². The number of ether oxygens (including phenoxy) is 1. The van der Waals surface area contributed by atoms with E-state index >= 15 is 0 Å². The van der Waals surface area contributed by atoms with Crippen molar-refractivity contribution in [1.82, 2.24) is 4.90 Å². The van der Waals surface area contributed by atoms with E-state index in [1.54, 1.807) is 24.3 Å². The summed E-state index contributed by atoms with van der Waals surface area (Å²) in [4.78, 5) is 16.8. The van der Waals surface area contributed by atoms with Gasteiger partial charge >= 0.3 is 0 Å². The van der Waals surface area contributed by atoms with Crippen LogP contribution < -0.4 is 15.0 Å². The zero-order valence-electron chi connectivity index (χ0n) is 18.6. The van der Waals surface area contributed by atoms with E-state index in [2.05, 4.69) is 15.1 Å². The second-order valence-electron chi connectivity index (χ2n) is 8.15. The minimum absolute atomic E-state index is 0.0752. The fraction of sp³-hybridized carbons (Fsp3) is 0.269. The minimum atomic E-state index is -0.223. The molecule has 0 radical (unpaired) electrons. The fourth-order valence-corrected chi connectivity index (χ4v) is 4.13. The molecule has 1 saturated heterocycles. The standard InChI is InChI=1S/C26H27ClFN3O2/c1-19-16-21(27)6-11-25(19)33-18-26(32)29-22-7-9-23(10-8-22)31-14-12-30(13-15-31)17-20-4-2-3-5-24(20)28/h2-11,16H,12-15,17-18H2,1H3,(H,29,32). The average Bonchev–Trinajstić information content (AvgIpc) is 2.81. The minimum Gasteiger partial charge on any atom is -0.483 e. The Kier molecular flexibility index (Phi) is 7.47. The zero-order valence-corrected chi connectivity index (χ0v) is 19.3. The smallest absolute Gasteiger partial charge is 0.262 e. The lowest BCUT2D eigenvalue weighted by atomic mass is 10.1. The molecule has 1 aliphatic heterocycles. The second-order valence-corrected chi connectivity index (χ2v) is 8.58. The average molecular weight is 468 g/mol. The molecule has 0 aromatic heterocycles. The Labute approximate surface area is 198 Å². The molecule has 1 heterocycles. The van der Waals surface area contributed by atoms with Crippen LogP contribution in [0.25, 0.3) is 0 Å². The SMILES string of the molecule is Cc1cc(Cl)ccc1OCC(=O)Nc1ccc(N2CCN(Cc3ccccc3F)CC2)cc1. The van der Waals surface area contributed by atoms with Crippen LogP contribution in [0.4, 0.5) is 15.8 Å². The van der Waals surface area contributed by atoms with Gasteiger partial charge in [-0.3, -0.25) is 9.69 Å². The van der Waals surface area contributed by atoms with Crippen molar-refractivity contribution in [2.75, 3.05) is 43.0 Å². The number of aryl methyl sites for hydroxylation is 1. The normalized spacial score (nSPS) is 14.2. The third-order valence-corrected chi connectivity index (χ3v) is 5.97. The molecule has 5 nitrogen and oxygen atoms in total. The van der Waals surface area contributed by atoms with Gasteiger partial charge in [0.15, 0.2) is 6.61 Å². The summed E-state index contributed by atoms with van der Waals surface area (Å²) in [5.41, 5.74) is 3.44. The van der Waals surface area contributed by atoms with Gasteiger partial charge in [-0.1, -0.05) is 29.8 Å². The number of carbonyl (C=O) groups excluding carboxylic acids is 1. The van der Waals surface area contributed by atoms with Crippen LogP contribution in [0.5, 0.6) is 5.75 Å². The lowest BCUT2D eigenvalue weighted by Crippen LogP contribution is -2.46. The molecule has 0 bridgehead atoms. The van der Waals surface area contributed by atoms with Gasteiger partial charge in [0, 0.05) is 54.7 Å². The number of anilines is 2. The molecule has 3 aromatic carbocycles. The number of rotatable bonds is 7. The fourth-order valence-electron chi connectivity index (χ4n) is 3.90. The number of hydrogen-bond donors (Lipinski definition) is 1. The van der Waals surface area contributed by atoms with Crippen LogP contribution in [-0.4, -0.2) is 43.6 Å². The maximum atomic E-state index is 13.9. The number of carbonyl (C=O) groups is 1. The summed E-state index contributed by atoms with van der Waals surface area (Å²) < 4.78 is 19.5. The van der Waals surface area contributed by atoms with Gasteiger partial charge in [0.1, 0.15) is 11.6 Å². The summed E-state index contributed by atoms with van der Waals surface area (Å²) in [6, 6.07) is 20.0. The predicted molar refractivity (Wildman–Crippen MR) is 131 cm³/mol. The Balaban J connectivity index is 1.24. The molecule has 33 heavy (non-hydrogen) atoms. The van der Waals surface area contributed by atoms with Crippen molar-refractivity contribution in [3.8, 4) is 5.75 Å². The van der Waals surface area contributed by atoms with Crippen molar-refractivity contribution in [3.05, 3.63) is 88.7 Å². The molecule has 1 amide bonds. The van der Waals surface area contributed by atoms with Crippen LogP contribution in [-0.2, 0) is 11.3 Å². The van der Waals surface area contributed by atoms with Crippen LogP contribution >= 0.6 is 11.6 Å². The number of halogens is 2. The van der Waals surface area contributed by atoms with E-state index in [9.17, 15) is 9.18 Å². The van der Waals surface area contributed by atoms with Crippen molar-refractivity contribution in [2.24, 2.45) is 0 Å². The summed E-state index contributed by atoms with van der Waals surface area (Å²) in [5.74, 6) is 0.268. The molecule has 1 N–H and O–H groups in total. The number of nitrogens with zero attached hydrogens (tertiary/aromatic N) is 2. The molecule has 3 aromatic rings. The maximum absolute atomic E-state index is 13.9. The first-order chi connectivity index (χ1) is 16.0. The highest BCUT2D eigenvalue weighted by Gasteiger charge is 2.18. The molecular weight excluding hydrogens is 441 g/mol. The van der Waals surface area contributed by atoms with Gasteiger partial charge in [0.05, 0.1) is 0 Å². The Morgan fingerprint density at radius 2 is 1.76 bits per heavy atom. The molecular formula is C26H27ClFN3O2. The highest BCUT2D eigenvalue weighted by atomic mass is 35.5. The van der Waals surface area contributed by atoms with Gasteiger partial charge in [-0.05, 0) is 61.0 Å². The van der Waals surface area contributed by atoms with Crippen molar-refractivity contribution < 1.29 is 13.9 Å². The molecule has 1 aliphatic rings. The van der Waals surface area contributed by atoms with Crippen LogP contribution in [0.1, 0.15) is 11.1 Å². The predicted octanol–water partition coefficient (Wildman–Crippen LogP) is 5.13.